The van der Waals surface area contributed by atoms with Crippen LogP contribution >= 0.6 is 0 Å². The summed E-state index contributed by atoms with van der Waals surface area (Å²) in [5, 5.41) is 0. The first-order chi connectivity index (χ1) is 12.2. The van der Waals surface area contributed by atoms with Crippen molar-refractivity contribution in [1.82, 2.24) is 0 Å². The van der Waals surface area contributed by atoms with Gasteiger partial charge in [0.15, 0.2) is 6.17 Å². The van der Waals surface area contributed by atoms with Crippen LogP contribution in [0.15, 0.2) is 0 Å². The number of carbonyl (C=O) groups is 1. The molecule has 1 unspecified atom stereocenters. The van der Waals surface area contributed by atoms with Gasteiger partial charge in [-0.25, -0.2) is 9.18 Å². The van der Waals surface area contributed by atoms with E-state index >= 15 is 0 Å². The second-order valence-corrected chi connectivity index (χ2v) is 7.31. The average Bonchev–Trinajstić information content (AvgIpc) is 2.61. The number of rotatable bonds is 19. The zero-order chi connectivity index (χ0) is 18.6. The Morgan fingerprint density at radius 2 is 1.04 bits per heavy atom. The molecule has 0 aromatic carbocycles. The second-order valence-electron chi connectivity index (χ2n) is 7.31. The molecule has 3 heteroatoms. The Bertz CT molecular complexity index is 281. The molecule has 0 N–H and O–H groups in total. The molecular weight excluding hydrogens is 315 g/mol. The van der Waals surface area contributed by atoms with E-state index in [1.807, 2.05) is 0 Å². The predicted octanol–water partition coefficient (Wildman–Crippen LogP) is 7.54. The summed E-state index contributed by atoms with van der Waals surface area (Å²) < 4.78 is 18.1. The van der Waals surface area contributed by atoms with Gasteiger partial charge in [0.05, 0.1) is 6.61 Å². The lowest BCUT2D eigenvalue weighted by molar-refractivity contribution is -0.149. The van der Waals surface area contributed by atoms with Gasteiger partial charge < -0.3 is 4.74 Å². The van der Waals surface area contributed by atoms with Crippen molar-refractivity contribution in [2.75, 3.05) is 6.61 Å². The quantitative estimate of drug-likeness (QED) is 0.176. The fraction of sp³-hybridized carbons (Fsp3) is 0.955. The number of hydrogen-bond acceptors (Lipinski definition) is 2. The van der Waals surface area contributed by atoms with E-state index in [-0.39, 0.29) is 6.61 Å². The van der Waals surface area contributed by atoms with E-state index in [2.05, 4.69) is 11.7 Å². The summed E-state index contributed by atoms with van der Waals surface area (Å²) in [4.78, 5) is 11.1. The minimum atomic E-state index is -1.42. The van der Waals surface area contributed by atoms with Gasteiger partial charge in [0.2, 0.25) is 0 Å². The summed E-state index contributed by atoms with van der Waals surface area (Å²) >= 11 is 0. The molecule has 0 aromatic rings. The molecule has 0 aliphatic carbocycles. The van der Waals surface area contributed by atoms with Crippen molar-refractivity contribution in [2.45, 2.75) is 129 Å². The number of halogens is 1. The average molecular weight is 359 g/mol. The summed E-state index contributed by atoms with van der Waals surface area (Å²) in [5.41, 5.74) is 0. The molecule has 0 amide bonds. The van der Waals surface area contributed by atoms with Crippen LogP contribution in [0.3, 0.4) is 0 Å². The van der Waals surface area contributed by atoms with Crippen molar-refractivity contribution in [2.24, 2.45) is 0 Å². The number of unbranched alkanes of at least 4 members (excludes halogenated alkanes) is 15. The maximum atomic E-state index is 13.4. The van der Waals surface area contributed by atoms with Crippen molar-refractivity contribution in [1.29, 1.82) is 0 Å². The first kappa shape index (κ1) is 24.4. The van der Waals surface area contributed by atoms with Crippen LogP contribution in [0.25, 0.3) is 0 Å². The SMILES string of the molecule is CCCCCCCCCCCCCCCCCCC(F)C(=O)OCC. The molecule has 2 nitrogen and oxygen atoms in total. The minimum Gasteiger partial charge on any atom is -0.464 e. The third kappa shape index (κ3) is 18.0. The fourth-order valence-electron chi connectivity index (χ4n) is 3.22. The van der Waals surface area contributed by atoms with Gasteiger partial charge in [-0.2, -0.15) is 0 Å². The van der Waals surface area contributed by atoms with Gasteiger partial charge in [0, 0.05) is 0 Å². The lowest BCUT2D eigenvalue weighted by Gasteiger charge is -2.07. The van der Waals surface area contributed by atoms with Gasteiger partial charge >= 0.3 is 5.97 Å². The molecule has 150 valence electrons. The van der Waals surface area contributed by atoms with Crippen molar-refractivity contribution >= 4 is 5.97 Å². The van der Waals surface area contributed by atoms with Gasteiger partial charge in [-0.15, -0.1) is 0 Å². The van der Waals surface area contributed by atoms with Crippen molar-refractivity contribution in [3.8, 4) is 0 Å². The Kier molecular flexibility index (Phi) is 19.2. The van der Waals surface area contributed by atoms with Crippen LogP contribution in [0.4, 0.5) is 4.39 Å². The monoisotopic (exact) mass is 358 g/mol. The first-order valence-corrected chi connectivity index (χ1v) is 11.0. The van der Waals surface area contributed by atoms with Gasteiger partial charge in [-0.1, -0.05) is 103 Å². The van der Waals surface area contributed by atoms with E-state index in [4.69, 9.17) is 0 Å². The highest BCUT2D eigenvalue weighted by molar-refractivity contribution is 5.74. The van der Waals surface area contributed by atoms with Crippen molar-refractivity contribution in [3.05, 3.63) is 0 Å². The van der Waals surface area contributed by atoms with Crippen LogP contribution in [-0.2, 0) is 9.53 Å². The Labute approximate surface area is 156 Å². The highest BCUT2D eigenvalue weighted by Gasteiger charge is 2.17. The van der Waals surface area contributed by atoms with Crippen LogP contribution in [0, 0.1) is 0 Å². The summed E-state index contributed by atoms with van der Waals surface area (Å²) in [7, 11) is 0. The number of carbonyl (C=O) groups excluding carboxylic acids is 1. The fourth-order valence-corrected chi connectivity index (χ4v) is 3.22. The molecular formula is C22H43FO2. The van der Waals surface area contributed by atoms with E-state index in [0.717, 1.165) is 19.3 Å². The van der Waals surface area contributed by atoms with Gasteiger partial charge in [0.1, 0.15) is 0 Å². The zero-order valence-corrected chi connectivity index (χ0v) is 17.0. The Morgan fingerprint density at radius 1 is 0.680 bits per heavy atom. The third-order valence-corrected chi connectivity index (χ3v) is 4.85. The lowest BCUT2D eigenvalue weighted by atomic mass is 10.0. The molecule has 0 fully saturated rings. The van der Waals surface area contributed by atoms with E-state index in [0.29, 0.717) is 6.42 Å². The number of ether oxygens (including phenoxy) is 1. The molecule has 0 saturated heterocycles. The Hall–Kier alpha value is -0.600. The molecule has 0 bridgehead atoms. The predicted molar refractivity (Wildman–Crippen MR) is 106 cm³/mol. The van der Waals surface area contributed by atoms with Crippen LogP contribution < -0.4 is 0 Å². The molecule has 0 rings (SSSR count). The van der Waals surface area contributed by atoms with Crippen LogP contribution in [0.1, 0.15) is 123 Å². The third-order valence-electron chi connectivity index (χ3n) is 4.85. The summed E-state index contributed by atoms with van der Waals surface area (Å²) in [6.45, 7) is 4.24. The Morgan fingerprint density at radius 3 is 1.40 bits per heavy atom. The number of alkyl halides is 1. The van der Waals surface area contributed by atoms with E-state index < -0.39 is 12.1 Å². The molecule has 0 saturated carbocycles. The maximum Gasteiger partial charge on any atom is 0.340 e. The molecule has 0 heterocycles. The standard InChI is InChI=1S/C22H43FO2/c1-3-5-6-7-8-9-10-11-12-13-14-15-16-17-18-19-20-21(23)22(24)25-4-2/h21H,3-20H2,1-2H3. The van der Waals surface area contributed by atoms with Gasteiger partial charge in [-0.3, -0.25) is 0 Å². The molecule has 0 spiro atoms. The summed E-state index contributed by atoms with van der Waals surface area (Å²) in [6, 6.07) is 0. The smallest absolute Gasteiger partial charge is 0.340 e. The zero-order valence-electron chi connectivity index (χ0n) is 17.0. The van der Waals surface area contributed by atoms with Crippen LogP contribution in [0.5, 0.6) is 0 Å². The second kappa shape index (κ2) is 19.7. The molecule has 0 aliphatic heterocycles. The van der Waals surface area contributed by atoms with Gasteiger partial charge in [0.25, 0.3) is 0 Å². The molecule has 0 aliphatic rings. The van der Waals surface area contributed by atoms with Crippen LogP contribution in [0.2, 0.25) is 0 Å². The van der Waals surface area contributed by atoms with Crippen molar-refractivity contribution < 1.29 is 13.9 Å². The molecule has 1 atom stereocenters. The maximum absolute atomic E-state index is 13.4. The minimum absolute atomic E-state index is 0.262. The first-order valence-electron chi connectivity index (χ1n) is 11.0. The number of esters is 1. The highest BCUT2D eigenvalue weighted by atomic mass is 19.1. The highest BCUT2D eigenvalue weighted by Crippen LogP contribution is 2.15. The largest absolute Gasteiger partial charge is 0.464 e. The molecule has 0 radical (unpaired) electrons. The van der Waals surface area contributed by atoms with Crippen molar-refractivity contribution in [3.63, 3.8) is 0 Å². The normalized spacial score (nSPS) is 12.3. The Balaban J connectivity index is 3.13. The summed E-state index contributed by atoms with van der Waals surface area (Å²) in [6.07, 6.45) is 19.8. The molecule has 25 heavy (non-hydrogen) atoms. The molecule has 0 aromatic heterocycles. The van der Waals surface area contributed by atoms with E-state index in [1.54, 1.807) is 6.92 Å². The van der Waals surface area contributed by atoms with E-state index in [1.165, 1.54) is 83.5 Å². The summed E-state index contributed by atoms with van der Waals surface area (Å²) in [5.74, 6) is -0.691. The van der Waals surface area contributed by atoms with Gasteiger partial charge in [-0.05, 0) is 19.8 Å². The number of hydrogen-bond donors (Lipinski definition) is 0. The van der Waals surface area contributed by atoms with Crippen LogP contribution in [-0.4, -0.2) is 18.7 Å². The lowest BCUT2D eigenvalue weighted by Crippen LogP contribution is -2.18. The topological polar surface area (TPSA) is 26.3 Å². The van der Waals surface area contributed by atoms with E-state index in [9.17, 15) is 9.18 Å².